The van der Waals surface area contributed by atoms with Crippen LogP contribution in [0.4, 0.5) is 0 Å². The molecule has 1 aliphatic carbocycles. The van der Waals surface area contributed by atoms with Gasteiger partial charge in [0.15, 0.2) is 0 Å². The number of nitrogens with zero attached hydrogens (tertiary/aromatic N) is 1. The lowest BCUT2D eigenvalue weighted by Gasteiger charge is -2.33. The first-order valence-corrected chi connectivity index (χ1v) is 13.3. The van der Waals surface area contributed by atoms with Crippen LogP contribution in [0.15, 0.2) is 42.7 Å². The molecular weight excluding hydrogens is 374 g/mol. The number of hydrogen-bond acceptors (Lipinski definition) is 1. The van der Waals surface area contributed by atoms with Crippen molar-refractivity contribution in [1.82, 2.24) is 4.98 Å². The lowest BCUT2D eigenvalue weighted by molar-refractivity contribution is 0.236. The van der Waals surface area contributed by atoms with Gasteiger partial charge in [0, 0.05) is 12.4 Å². The maximum atomic E-state index is 4.56. The third kappa shape index (κ3) is 6.93. The number of pyridine rings is 1. The SMILES string of the molecule is CCCCCCCC1CCC(C(C)c2cnccc2-c2ccccc2CCCC)CC1. The van der Waals surface area contributed by atoms with Gasteiger partial charge in [0.2, 0.25) is 0 Å². The number of unbranched alkanes of at least 4 members (excludes halogenated alkanes) is 5. The minimum atomic E-state index is 0.591. The van der Waals surface area contributed by atoms with Crippen molar-refractivity contribution in [3.63, 3.8) is 0 Å². The van der Waals surface area contributed by atoms with E-state index >= 15 is 0 Å². The summed E-state index contributed by atoms with van der Waals surface area (Å²) in [6.45, 7) is 7.05. The summed E-state index contributed by atoms with van der Waals surface area (Å²) < 4.78 is 0. The molecule has 1 aromatic carbocycles. The van der Waals surface area contributed by atoms with Crippen molar-refractivity contribution in [2.75, 3.05) is 0 Å². The van der Waals surface area contributed by atoms with E-state index in [1.165, 1.54) is 106 Å². The molecule has 1 fully saturated rings. The monoisotopic (exact) mass is 419 g/mol. The van der Waals surface area contributed by atoms with Gasteiger partial charge in [-0.2, -0.15) is 0 Å². The molecule has 0 N–H and O–H groups in total. The second kappa shape index (κ2) is 13.0. The Kier molecular flexibility index (Phi) is 10.1. The van der Waals surface area contributed by atoms with E-state index in [4.69, 9.17) is 0 Å². The molecule has 0 saturated heterocycles. The van der Waals surface area contributed by atoms with Crippen LogP contribution in [0, 0.1) is 11.8 Å². The van der Waals surface area contributed by atoms with Crippen molar-refractivity contribution in [3.05, 3.63) is 53.9 Å². The Hall–Kier alpha value is -1.63. The Balaban J connectivity index is 1.63. The molecule has 0 bridgehead atoms. The highest BCUT2D eigenvalue weighted by Gasteiger charge is 2.27. The van der Waals surface area contributed by atoms with E-state index in [1.54, 1.807) is 0 Å². The first-order valence-electron chi connectivity index (χ1n) is 13.3. The van der Waals surface area contributed by atoms with Gasteiger partial charge in [-0.05, 0) is 71.8 Å². The summed E-state index contributed by atoms with van der Waals surface area (Å²) in [5.74, 6) is 2.38. The van der Waals surface area contributed by atoms with Crippen molar-refractivity contribution >= 4 is 0 Å². The van der Waals surface area contributed by atoms with Crippen LogP contribution in [-0.4, -0.2) is 4.98 Å². The molecule has 1 saturated carbocycles. The fraction of sp³-hybridized carbons (Fsp3) is 0.633. The highest BCUT2D eigenvalue weighted by molar-refractivity contribution is 5.71. The quantitative estimate of drug-likeness (QED) is 0.312. The predicted octanol–water partition coefficient (Wildman–Crippen LogP) is 9.36. The normalized spacial score (nSPS) is 20.0. The van der Waals surface area contributed by atoms with Crippen LogP contribution in [0.1, 0.15) is 115 Å². The molecule has 2 aromatic rings. The first kappa shape index (κ1) is 24.0. The second-order valence-corrected chi connectivity index (χ2v) is 10.00. The van der Waals surface area contributed by atoms with E-state index in [2.05, 4.69) is 62.3 Å². The minimum absolute atomic E-state index is 0.591. The van der Waals surface area contributed by atoms with Crippen LogP contribution in [0.25, 0.3) is 11.1 Å². The molecule has 170 valence electrons. The molecule has 31 heavy (non-hydrogen) atoms. The molecule has 1 atom stereocenters. The van der Waals surface area contributed by atoms with Gasteiger partial charge in [-0.25, -0.2) is 0 Å². The molecule has 3 rings (SSSR count). The zero-order chi connectivity index (χ0) is 21.9. The molecule has 0 spiro atoms. The van der Waals surface area contributed by atoms with Crippen molar-refractivity contribution in [2.24, 2.45) is 11.8 Å². The average molecular weight is 420 g/mol. The van der Waals surface area contributed by atoms with E-state index in [0.29, 0.717) is 5.92 Å². The summed E-state index contributed by atoms with van der Waals surface area (Å²) in [6.07, 6.45) is 22.1. The number of aryl methyl sites for hydroxylation is 1. The zero-order valence-corrected chi connectivity index (χ0v) is 20.4. The van der Waals surface area contributed by atoms with Crippen molar-refractivity contribution in [2.45, 2.75) is 110 Å². The number of hydrogen-bond donors (Lipinski definition) is 0. The van der Waals surface area contributed by atoms with Crippen molar-refractivity contribution in [1.29, 1.82) is 0 Å². The lowest BCUT2D eigenvalue weighted by atomic mass is 9.72. The molecular formula is C30H45N. The molecule has 1 unspecified atom stereocenters. The molecule has 1 heterocycles. The Morgan fingerprint density at radius 1 is 0.839 bits per heavy atom. The summed E-state index contributed by atoms with van der Waals surface area (Å²) in [4.78, 5) is 4.56. The fourth-order valence-electron chi connectivity index (χ4n) is 5.65. The molecule has 0 amide bonds. The second-order valence-electron chi connectivity index (χ2n) is 10.00. The summed E-state index contributed by atoms with van der Waals surface area (Å²) >= 11 is 0. The highest BCUT2D eigenvalue weighted by atomic mass is 14.6. The van der Waals surface area contributed by atoms with Crippen LogP contribution in [0.3, 0.4) is 0 Å². The standard InChI is InChI=1S/C30H45N/c1-4-6-8-9-10-13-25-17-19-26(20-18-25)24(3)30-23-31-22-21-29(30)28-16-12-11-15-27(28)14-7-5-2/h11-12,15-16,21-26H,4-10,13-14,17-20H2,1-3H3. The van der Waals surface area contributed by atoms with Gasteiger partial charge < -0.3 is 0 Å². The summed E-state index contributed by atoms with van der Waals surface area (Å²) in [6, 6.07) is 11.3. The fourth-order valence-corrected chi connectivity index (χ4v) is 5.65. The van der Waals surface area contributed by atoms with Gasteiger partial charge in [-0.15, -0.1) is 0 Å². The molecule has 1 heteroatoms. The third-order valence-electron chi connectivity index (χ3n) is 7.76. The van der Waals surface area contributed by atoms with Crippen molar-refractivity contribution in [3.8, 4) is 11.1 Å². The van der Waals surface area contributed by atoms with Gasteiger partial charge in [0.25, 0.3) is 0 Å². The van der Waals surface area contributed by atoms with Gasteiger partial charge >= 0.3 is 0 Å². The molecule has 1 aromatic heterocycles. The van der Waals surface area contributed by atoms with Gasteiger partial charge in [0.05, 0.1) is 0 Å². The van der Waals surface area contributed by atoms with Crippen LogP contribution >= 0.6 is 0 Å². The maximum Gasteiger partial charge on any atom is 0.0308 e. The van der Waals surface area contributed by atoms with Crippen LogP contribution in [0.2, 0.25) is 0 Å². The van der Waals surface area contributed by atoms with Crippen LogP contribution in [0.5, 0.6) is 0 Å². The Morgan fingerprint density at radius 3 is 2.35 bits per heavy atom. The lowest BCUT2D eigenvalue weighted by Crippen LogP contribution is -2.20. The maximum absolute atomic E-state index is 4.56. The summed E-state index contributed by atoms with van der Waals surface area (Å²) in [5, 5.41) is 0. The zero-order valence-electron chi connectivity index (χ0n) is 20.4. The number of aromatic nitrogens is 1. The molecule has 1 nitrogen and oxygen atoms in total. The smallest absolute Gasteiger partial charge is 0.0308 e. The molecule has 1 aliphatic rings. The van der Waals surface area contributed by atoms with E-state index < -0.39 is 0 Å². The highest BCUT2D eigenvalue weighted by Crippen LogP contribution is 2.42. The van der Waals surface area contributed by atoms with E-state index in [1.807, 2.05) is 6.20 Å². The number of rotatable bonds is 12. The van der Waals surface area contributed by atoms with E-state index in [0.717, 1.165) is 11.8 Å². The topological polar surface area (TPSA) is 12.9 Å². The third-order valence-corrected chi connectivity index (χ3v) is 7.76. The van der Waals surface area contributed by atoms with Gasteiger partial charge in [-0.3, -0.25) is 4.98 Å². The molecule has 0 radical (unpaired) electrons. The summed E-state index contributed by atoms with van der Waals surface area (Å²) in [7, 11) is 0. The van der Waals surface area contributed by atoms with Crippen LogP contribution < -0.4 is 0 Å². The van der Waals surface area contributed by atoms with E-state index in [-0.39, 0.29) is 0 Å². The van der Waals surface area contributed by atoms with E-state index in [9.17, 15) is 0 Å². The Morgan fingerprint density at radius 2 is 1.58 bits per heavy atom. The number of benzene rings is 1. The predicted molar refractivity (Wildman–Crippen MR) is 136 cm³/mol. The minimum Gasteiger partial charge on any atom is -0.264 e. The van der Waals surface area contributed by atoms with Crippen LogP contribution in [-0.2, 0) is 6.42 Å². The Bertz CT molecular complexity index is 757. The molecule has 0 aliphatic heterocycles. The van der Waals surface area contributed by atoms with Gasteiger partial charge in [-0.1, -0.05) is 103 Å². The Labute approximate surface area is 192 Å². The largest absolute Gasteiger partial charge is 0.264 e. The first-order chi connectivity index (χ1) is 15.2. The summed E-state index contributed by atoms with van der Waals surface area (Å²) in [5.41, 5.74) is 5.82. The van der Waals surface area contributed by atoms with Crippen molar-refractivity contribution < 1.29 is 0 Å². The average Bonchev–Trinajstić information content (AvgIpc) is 2.83. The van der Waals surface area contributed by atoms with Gasteiger partial charge in [0.1, 0.15) is 0 Å².